The van der Waals surface area contributed by atoms with Gasteiger partial charge < -0.3 is 19.9 Å². The monoisotopic (exact) mass is 259 g/mol. The molecule has 0 saturated heterocycles. The molecular weight excluding hydrogens is 238 g/mol. The van der Waals surface area contributed by atoms with Crippen molar-refractivity contribution in [3.8, 4) is 0 Å². The van der Waals surface area contributed by atoms with Crippen LogP contribution in [0.3, 0.4) is 0 Å². The predicted octanol–water partition coefficient (Wildman–Crippen LogP) is 0.824. The lowest BCUT2D eigenvalue weighted by Gasteiger charge is -2.23. The fourth-order valence-electron chi connectivity index (χ4n) is 1.97. The molecule has 0 aromatic rings. The highest BCUT2D eigenvalue weighted by Crippen LogP contribution is 2.46. The Morgan fingerprint density at radius 1 is 1.44 bits per heavy atom. The molecule has 6 heteroatoms. The number of aliphatic hydroxyl groups is 1. The van der Waals surface area contributed by atoms with Crippen LogP contribution in [0, 0.1) is 5.92 Å². The van der Waals surface area contributed by atoms with Crippen molar-refractivity contribution in [1.82, 2.24) is 5.32 Å². The molecule has 18 heavy (non-hydrogen) atoms. The van der Waals surface area contributed by atoms with Crippen molar-refractivity contribution in [3.63, 3.8) is 0 Å². The number of rotatable bonds is 3. The Hall–Kier alpha value is -1.30. The summed E-state index contributed by atoms with van der Waals surface area (Å²) in [5.41, 5.74) is -1.79. The standard InChI is InChI=1S/C12H21NO5/c1-7(14)8-6-12(8,9(15)17-5)13-10(16)18-11(2,3)4/h7-8,14H,6H2,1-5H3,(H,13,16)/t7?,8-,12+/m0/s1. The molecule has 1 rings (SSSR count). The van der Waals surface area contributed by atoms with Crippen LogP contribution in [0.15, 0.2) is 0 Å². The highest BCUT2D eigenvalue weighted by Gasteiger charge is 2.64. The SMILES string of the molecule is COC(=O)[C@@]1(NC(=O)OC(C)(C)C)C[C@H]1C(C)O. The Labute approximate surface area is 107 Å². The van der Waals surface area contributed by atoms with Crippen molar-refractivity contribution in [2.45, 2.75) is 51.4 Å². The summed E-state index contributed by atoms with van der Waals surface area (Å²) in [6.07, 6.45) is -1.02. The summed E-state index contributed by atoms with van der Waals surface area (Å²) in [4.78, 5) is 23.4. The van der Waals surface area contributed by atoms with Gasteiger partial charge in [-0.15, -0.1) is 0 Å². The first-order valence-corrected chi connectivity index (χ1v) is 5.90. The lowest BCUT2D eigenvalue weighted by Crippen LogP contribution is -2.48. The van der Waals surface area contributed by atoms with E-state index in [2.05, 4.69) is 10.1 Å². The van der Waals surface area contributed by atoms with Crippen molar-refractivity contribution in [3.05, 3.63) is 0 Å². The zero-order chi connectivity index (χ0) is 14.1. The topological polar surface area (TPSA) is 84.9 Å². The van der Waals surface area contributed by atoms with Gasteiger partial charge >= 0.3 is 12.1 Å². The largest absolute Gasteiger partial charge is 0.467 e. The number of ether oxygens (including phenoxy) is 2. The molecule has 1 amide bonds. The van der Waals surface area contributed by atoms with Crippen molar-refractivity contribution in [2.24, 2.45) is 5.92 Å². The van der Waals surface area contributed by atoms with E-state index in [0.29, 0.717) is 6.42 Å². The molecule has 1 saturated carbocycles. The number of carbonyl (C=O) groups excluding carboxylic acids is 2. The zero-order valence-corrected chi connectivity index (χ0v) is 11.4. The molecule has 1 fully saturated rings. The molecule has 1 unspecified atom stereocenters. The van der Waals surface area contributed by atoms with Crippen LogP contribution in [-0.4, -0.2) is 41.5 Å². The van der Waals surface area contributed by atoms with E-state index in [1.54, 1.807) is 27.7 Å². The molecule has 0 aliphatic heterocycles. The number of alkyl carbamates (subject to hydrolysis) is 1. The van der Waals surface area contributed by atoms with E-state index in [0.717, 1.165) is 0 Å². The fourth-order valence-corrected chi connectivity index (χ4v) is 1.97. The highest BCUT2D eigenvalue weighted by molar-refractivity contribution is 5.89. The third-order valence-electron chi connectivity index (χ3n) is 2.87. The average Bonchev–Trinajstić information content (AvgIpc) is 2.89. The van der Waals surface area contributed by atoms with Crippen LogP contribution in [0.4, 0.5) is 4.79 Å². The van der Waals surface area contributed by atoms with Gasteiger partial charge in [0, 0.05) is 5.92 Å². The molecule has 0 bridgehead atoms. The van der Waals surface area contributed by atoms with Crippen molar-refractivity contribution < 1.29 is 24.2 Å². The van der Waals surface area contributed by atoms with Crippen LogP contribution in [0.25, 0.3) is 0 Å². The molecule has 104 valence electrons. The third-order valence-corrected chi connectivity index (χ3v) is 2.87. The molecule has 2 N–H and O–H groups in total. The Kier molecular flexibility index (Phi) is 3.90. The molecule has 0 aromatic heterocycles. The number of carbonyl (C=O) groups is 2. The van der Waals surface area contributed by atoms with Crippen molar-refractivity contribution in [2.75, 3.05) is 7.11 Å². The minimum atomic E-state index is -1.15. The summed E-state index contributed by atoms with van der Waals surface area (Å²) in [5, 5.41) is 12.0. The maximum Gasteiger partial charge on any atom is 0.408 e. The lowest BCUT2D eigenvalue weighted by molar-refractivity contribution is -0.145. The quantitative estimate of drug-likeness (QED) is 0.733. The number of hydrogen-bond acceptors (Lipinski definition) is 5. The summed E-state index contributed by atoms with van der Waals surface area (Å²) in [7, 11) is 1.25. The van der Waals surface area contributed by atoms with Crippen LogP contribution >= 0.6 is 0 Å². The van der Waals surface area contributed by atoms with Gasteiger partial charge in [-0.2, -0.15) is 0 Å². The third kappa shape index (κ3) is 3.13. The summed E-state index contributed by atoms with van der Waals surface area (Å²) in [5.74, 6) is -0.892. The minimum absolute atomic E-state index is 0.336. The Bertz CT molecular complexity index is 347. The first-order chi connectivity index (χ1) is 8.12. The Morgan fingerprint density at radius 2 is 2.00 bits per heavy atom. The van der Waals surface area contributed by atoms with Gasteiger partial charge in [0.15, 0.2) is 0 Å². The van der Waals surface area contributed by atoms with E-state index < -0.39 is 29.3 Å². The number of aliphatic hydroxyl groups excluding tert-OH is 1. The normalized spacial score (nSPS) is 28.2. The molecule has 6 nitrogen and oxygen atoms in total. The van der Waals surface area contributed by atoms with Crippen molar-refractivity contribution >= 4 is 12.1 Å². The minimum Gasteiger partial charge on any atom is -0.467 e. The van der Waals surface area contributed by atoms with E-state index in [4.69, 9.17) is 4.74 Å². The average molecular weight is 259 g/mol. The molecule has 0 aromatic carbocycles. The van der Waals surface area contributed by atoms with Gasteiger partial charge in [-0.1, -0.05) is 0 Å². The Morgan fingerprint density at radius 3 is 2.33 bits per heavy atom. The van der Waals surface area contributed by atoms with Gasteiger partial charge in [-0.25, -0.2) is 9.59 Å². The molecule has 1 aliphatic carbocycles. The van der Waals surface area contributed by atoms with Gasteiger partial charge in [0.05, 0.1) is 13.2 Å². The molecule has 0 heterocycles. The smallest absolute Gasteiger partial charge is 0.408 e. The van der Waals surface area contributed by atoms with Gasteiger partial charge in [0.2, 0.25) is 0 Å². The molecule has 1 aliphatic rings. The van der Waals surface area contributed by atoms with Crippen LogP contribution in [-0.2, 0) is 14.3 Å². The maximum absolute atomic E-state index is 11.7. The second-order valence-corrected chi connectivity index (χ2v) is 5.64. The lowest BCUT2D eigenvalue weighted by atomic mass is 10.1. The highest BCUT2D eigenvalue weighted by atomic mass is 16.6. The van der Waals surface area contributed by atoms with Crippen LogP contribution < -0.4 is 5.32 Å². The number of esters is 1. The van der Waals surface area contributed by atoms with Crippen LogP contribution in [0.2, 0.25) is 0 Å². The molecule has 3 atom stereocenters. The van der Waals surface area contributed by atoms with E-state index in [1.165, 1.54) is 7.11 Å². The number of hydrogen-bond donors (Lipinski definition) is 2. The van der Waals surface area contributed by atoms with Crippen LogP contribution in [0.1, 0.15) is 34.1 Å². The van der Waals surface area contributed by atoms with Gasteiger partial charge in [0.25, 0.3) is 0 Å². The first-order valence-electron chi connectivity index (χ1n) is 5.90. The second-order valence-electron chi connectivity index (χ2n) is 5.64. The zero-order valence-electron chi connectivity index (χ0n) is 11.4. The van der Waals surface area contributed by atoms with Gasteiger partial charge in [-0.3, -0.25) is 0 Å². The van der Waals surface area contributed by atoms with E-state index in [9.17, 15) is 14.7 Å². The number of methoxy groups -OCH3 is 1. The summed E-state index contributed by atoms with van der Waals surface area (Å²) >= 11 is 0. The second kappa shape index (κ2) is 4.76. The Balaban J connectivity index is 2.72. The van der Waals surface area contributed by atoms with E-state index in [-0.39, 0.29) is 5.92 Å². The fraction of sp³-hybridized carbons (Fsp3) is 0.833. The summed E-state index contributed by atoms with van der Waals surface area (Å²) in [6.45, 7) is 6.77. The van der Waals surface area contributed by atoms with Gasteiger partial charge in [-0.05, 0) is 34.1 Å². The number of amides is 1. The summed E-state index contributed by atoms with van der Waals surface area (Å²) in [6, 6.07) is 0. The first kappa shape index (κ1) is 14.8. The maximum atomic E-state index is 11.7. The summed E-state index contributed by atoms with van der Waals surface area (Å²) < 4.78 is 9.77. The van der Waals surface area contributed by atoms with E-state index >= 15 is 0 Å². The predicted molar refractivity (Wildman–Crippen MR) is 63.9 cm³/mol. The van der Waals surface area contributed by atoms with Gasteiger partial charge in [0.1, 0.15) is 11.1 Å². The molecule has 0 spiro atoms. The van der Waals surface area contributed by atoms with Crippen LogP contribution in [0.5, 0.6) is 0 Å². The number of nitrogens with one attached hydrogen (secondary N) is 1. The molecule has 0 radical (unpaired) electrons. The van der Waals surface area contributed by atoms with E-state index in [1.807, 2.05) is 0 Å². The molecular formula is C12H21NO5. The van der Waals surface area contributed by atoms with Crippen molar-refractivity contribution in [1.29, 1.82) is 0 Å².